The molecule has 2 aromatic heterocycles. The Morgan fingerprint density at radius 3 is 2.70 bits per heavy atom. The quantitative estimate of drug-likeness (QED) is 0.681. The van der Waals surface area contributed by atoms with Crippen LogP contribution >= 0.6 is 0 Å². The van der Waals surface area contributed by atoms with E-state index >= 15 is 0 Å². The number of hydrogen-bond donors (Lipinski definition) is 1. The van der Waals surface area contributed by atoms with Crippen LogP contribution in [0.3, 0.4) is 0 Å². The van der Waals surface area contributed by atoms with E-state index in [0.29, 0.717) is 30.2 Å². The molecule has 0 aliphatic carbocycles. The highest BCUT2D eigenvalue weighted by molar-refractivity contribution is 5.79. The maximum atomic E-state index is 12.4. The minimum absolute atomic E-state index is 0.0528. The first-order valence-electron chi connectivity index (χ1n) is 8.67. The van der Waals surface area contributed by atoms with Gasteiger partial charge in [-0.3, -0.25) is 4.79 Å². The number of aryl methyl sites for hydroxylation is 2. The SMILES string of the molecule is COc1ccc(CCNC(=O)Cc2c(C)nc3ncnn3c2C)cc1OC. The minimum atomic E-state index is -0.0528. The van der Waals surface area contributed by atoms with Crippen molar-refractivity contribution < 1.29 is 14.3 Å². The van der Waals surface area contributed by atoms with Gasteiger partial charge < -0.3 is 14.8 Å². The molecule has 2 heterocycles. The molecule has 1 aromatic carbocycles. The number of fused-ring (bicyclic) bond motifs is 1. The molecule has 0 radical (unpaired) electrons. The number of hydrogen-bond acceptors (Lipinski definition) is 6. The normalized spacial score (nSPS) is 10.8. The number of nitrogens with zero attached hydrogens (tertiary/aromatic N) is 4. The Bertz CT molecular complexity index is 967. The lowest BCUT2D eigenvalue weighted by Gasteiger charge is -2.12. The fourth-order valence-corrected chi connectivity index (χ4v) is 3.02. The summed E-state index contributed by atoms with van der Waals surface area (Å²) >= 11 is 0. The van der Waals surface area contributed by atoms with Crippen LogP contribution in [0, 0.1) is 13.8 Å². The Labute approximate surface area is 157 Å². The van der Waals surface area contributed by atoms with Gasteiger partial charge in [-0.25, -0.2) is 9.50 Å². The molecule has 0 saturated heterocycles. The monoisotopic (exact) mass is 369 g/mol. The Morgan fingerprint density at radius 2 is 1.96 bits per heavy atom. The van der Waals surface area contributed by atoms with Gasteiger partial charge in [0.25, 0.3) is 5.78 Å². The number of rotatable bonds is 7. The Kier molecular flexibility index (Phi) is 5.54. The van der Waals surface area contributed by atoms with E-state index in [1.54, 1.807) is 18.7 Å². The summed E-state index contributed by atoms with van der Waals surface area (Å²) in [6.07, 6.45) is 2.42. The summed E-state index contributed by atoms with van der Waals surface area (Å²) in [5.41, 5.74) is 3.61. The average molecular weight is 369 g/mol. The third kappa shape index (κ3) is 3.99. The number of carbonyl (C=O) groups is 1. The van der Waals surface area contributed by atoms with Gasteiger partial charge in [0.05, 0.1) is 20.6 Å². The largest absolute Gasteiger partial charge is 0.493 e. The van der Waals surface area contributed by atoms with Crippen molar-refractivity contribution in [1.29, 1.82) is 0 Å². The number of nitrogens with one attached hydrogen (secondary N) is 1. The van der Waals surface area contributed by atoms with Crippen molar-refractivity contribution in [2.75, 3.05) is 20.8 Å². The van der Waals surface area contributed by atoms with Crippen molar-refractivity contribution >= 4 is 11.7 Å². The molecule has 0 fully saturated rings. The van der Waals surface area contributed by atoms with Crippen LogP contribution in [0.5, 0.6) is 11.5 Å². The molecule has 3 aromatic rings. The predicted octanol–water partition coefficient (Wildman–Crippen LogP) is 1.66. The van der Waals surface area contributed by atoms with Crippen LogP contribution in [0.2, 0.25) is 0 Å². The molecule has 0 unspecified atom stereocenters. The molecule has 0 bridgehead atoms. The number of methoxy groups -OCH3 is 2. The van der Waals surface area contributed by atoms with E-state index in [1.807, 2.05) is 32.0 Å². The van der Waals surface area contributed by atoms with Gasteiger partial charge in [-0.15, -0.1) is 0 Å². The van der Waals surface area contributed by atoms with Crippen LogP contribution in [0.25, 0.3) is 5.78 Å². The van der Waals surface area contributed by atoms with E-state index in [0.717, 1.165) is 22.5 Å². The van der Waals surface area contributed by atoms with Crippen molar-refractivity contribution in [3.8, 4) is 11.5 Å². The second-order valence-electron chi connectivity index (χ2n) is 6.20. The summed E-state index contributed by atoms with van der Waals surface area (Å²) in [7, 11) is 3.21. The zero-order valence-corrected chi connectivity index (χ0v) is 15.9. The number of carbonyl (C=O) groups excluding carboxylic acids is 1. The van der Waals surface area contributed by atoms with E-state index in [-0.39, 0.29) is 12.3 Å². The van der Waals surface area contributed by atoms with Crippen LogP contribution in [-0.4, -0.2) is 46.3 Å². The lowest BCUT2D eigenvalue weighted by Crippen LogP contribution is -2.28. The minimum Gasteiger partial charge on any atom is -0.493 e. The molecule has 0 spiro atoms. The number of benzene rings is 1. The fourth-order valence-electron chi connectivity index (χ4n) is 3.02. The third-order valence-corrected chi connectivity index (χ3v) is 4.51. The summed E-state index contributed by atoms with van der Waals surface area (Å²) in [4.78, 5) is 20.9. The third-order valence-electron chi connectivity index (χ3n) is 4.51. The first-order valence-corrected chi connectivity index (χ1v) is 8.67. The number of amides is 1. The van der Waals surface area contributed by atoms with E-state index in [4.69, 9.17) is 9.47 Å². The van der Waals surface area contributed by atoms with Gasteiger partial charge in [-0.1, -0.05) is 6.07 Å². The topological polar surface area (TPSA) is 90.6 Å². The number of aromatic nitrogens is 4. The predicted molar refractivity (Wildman–Crippen MR) is 100 cm³/mol. The van der Waals surface area contributed by atoms with E-state index < -0.39 is 0 Å². The second-order valence-corrected chi connectivity index (χ2v) is 6.20. The molecule has 0 aliphatic heterocycles. The van der Waals surface area contributed by atoms with Gasteiger partial charge in [0.2, 0.25) is 5.91 Å². The summed E-state index contributed by atoms with van der Waals surface area (Å²) < 4.78 is 12.2. The van der Waals surface area contributed by atoms with Gasteiger partial charge in [0.15, 0.2) is 11.5 Å². The fraction of sp³-hybridized carbons (Fsp3) is 0.368. The molecule has 0 aliphatic rings. The van der Waals surface area contributed by atoms with Crippen LogP contribution < -0.4 is 14.8 Å². The van der Waals surface area contributed by atoms with Gasteiger partial charge in [0, 0.05) is 23.5 Å². The highest BCUT2D eigenvalue weighted by Crippen LogP contribution is 2.27. The van der Waals surface area contributed by atoms with E-state index in [1.165, 1.54) is 6.33 Å². The first-order chi connectivity index (χ1) is 13.0. The lowest BCUT2D eigenvalue weighted by molar-refractivity contribution is -0.120. The molecule has 8 heteroatoms. The molecular weight excluding hydrogens is 346 g/mol. The molecule has 27 heavy (non-hydrogen) atoms. The summed E-state index contributed by atoms with van der Waals surface area (Å²) in [6.45, 7) is 4.34. The zero-order chi connectivity index (χ0) is 19.4. The highest BCUT2D eigenvalue weighted by atomic mass is 16.5. The van der Waals surface area contributed by atoms with E-state index in [9.17, 15) is 4.79 Å². The smallest absolute Gasteiger partial charge is 0.252 e. The van der Waals surface area contributed by atoms with Crippen LogP contribution in [0.15, 0.2) is 24.5 Å². The molecular formula is C19H23N5O3. The Balaban J connectivity index is 1.61. The Morgan fingerprint density at radius 1 is 1.19 bits per heavy atom. The zero-order valence-electron chi connectivity index (χ0n) is 15.9. The van der Waals surface area contributed by atoms with Gasteiger partial charge in [0.1, 0.15) is 6.33 Å². The van der Waals surface area contributed by atoms with Gasteiger partial charge >= 0.3 is 0 Å². The number of ether oxygens (including phenoxy) is 2. The van der Waals surface area contributed by atoms with Crippen molar-refractivity contribution in [2.24, 2.45) is 0 Å². The summed E-state index contributed by atoms with van der Waals surface area (Å²) in [5.74, 6) is 1.86. The van der Waals surface area contributed by atoms with Crippen molar-refractivity contribution in [3.05, 3.63) is 47.0 Å². The van der Waals surface area contributed by atoms with E-state index in [2.05, 4.69) is 20.4 Å². The van der Waals surface area contributed by atoms with Crippen molar-refractivity contribution in [2.45, 2.75) is 26.7 Å². The molecule has 0 saturated carbocycles. The molecule has 3 rings (SSSR count). The first kappa shape index (κ1) is 18.6. The van der Waals surface area contributed by atoms with Crippen LogP contribution in [-0.2, 0) is 17.6 Å². The van der Waals surface area contributed by atoms with Gasteiger partial charge in [-0.05, 0) is 38.0 Å². The Hall–Kier alpha value is -3.16. The van der Waals surface area contributed by atoms with Crippen LogP contribution in [0.4, 0.5) is 0 Å². The van der Waals surface area contributed by atoms with Crippen LogP contribution in [0.1, 0.15) is 22.5 Å². The van der Waals surface area contributed by atoms with Crippen molar-refractivity contribution in [1.82, 2.24) is 24.9 Å². The standard InChI is InChI=1S/C19H23N5O3/c1-12-15(13(2)24-19(23-12)21-11-22-24)10-18(25)20-8-7-14-5-6-16(26-3)17(9-14)27-4/h5-6,9,11H,7-8,10H2,1-4H3,(H,20,25). The average Bonchev–Trinajstić information content (AvgIpc) is 3.13. The maximum Gasteiger partial charge on any atom is 0.252 e. The van der Waals surface area contributed by atoms with Gasteiger partial charge in [-0.2, -0.15) is 10.1 Å². The summed E-state index contributed by atoms with van der Waals surface area (Å²) in [6, 6.07) is 5.74. The molecule has 0 atom stereocenters. The molecule has 142 valence electrons. The molecule has 1 amide bonds. The molecule has 8 nitrogen and oxygen atoms in total. The molecule has 1 N–H and O–H groups in total. The van der Waals surface area contributed by atoms with Crippen molar-refractivity contribution in [3.63, 3.8) is 0 Å². The second kappa shape index (κ2) is 8.03. The summed E-state index contributed by atoms with van der Waals surface area (Å²) in [5, 5.41) is 7.11. The lowest BCUT2D eigenvalue weighted by atomic mass is 10.1. The maximum absolute atomic E-state index is 12.4. The highest BCUT2D eigenvalue weighted by Gasteiger charge is 2.14.